The molecule has 262 valence electrons. The molecule has 13 nitrogen and oxygen atoms in total. The highest BCUT2D eigenvalue weighted by Crippen LogP contribution is 2.37. The normalized spacial score (nSPS) is 19.1. The Kier molecular flexibility index (Phi) is 9.13. The van der Waals surface area contributed by atoms with Crippen molar-refractivity contribution in [3.63, 3.8) is 0 Å². The van der Waals surface area contributed by atoms with Crippen molar-refractivity contribution in [3.8, 4) is 5.69 Å². The molecule has 0 aliphatic carbocycles. The number of hydrogen-bond acceptors (Lipinski definition) is 10. The fraction of sp³-hybridized carbons (Fsp3) is 0.235. The summed E-state index contributed by atoms with van der Waals surface area (Å²) in [6, 6.07) is 8.32. The second kappa shape index (κ2) is 13.7. The third-order valence-electron chi connectivity index (χ3n) is 8.90. The van der Waals surface area contributed by atoms with Gasteiger partial charge in [0, 0.05) is 72.8 Å². The van der Waals surface area contributed by atoms with Crippen molar-refractivity contribution in [2.75, 3.05) is 44.7 Å². The summed E-state index contributed by atoms with van der Waals surface area (Å²) in [6.45, 7) is 1.70. The number of carbonyl (C=O) groups is 3. The number of carboxylic acids is 1. The van der Waals surface area contributed by atoms with E-state index in [0.717, 1.165) is 16.7 Å². The van der Waals surface area contributed by atoms with Gasteiger partial charge in [-0.05, 0) is 36.4 Å². The highest BCUT2D eigenvalue weighted by molar-refractivity contribution is 7.11. The van der Waals surface area contributed by atoms with Crippen LogP contribution in [0.4, 0.5) is 19.3 Å². The maximum Gasteiger partial charge on any atom is 0.338 e. The van der Waals surface area contributed by atoms with Gasteiger partial charge in [0.1, 0.15) is 17.7 Å². The van der Waals surface area contributed by atoms with Crippen LogP contribution in [-0.4, -0.2) is 94.1 Å². The lowest BCUT2D eigenvalue weighted by atomic mass is 9.95. The lowest BCUT2D eigenvalue weighted by Gasteiger charge is -2.38. The monoisotopic (exact) mass is 735 g/mol. The van der Waals surface area contributed by atoms with E-state index in [1.807, 2.05) is 0 Å². The SMILES string of the molecule is COC(=O)C1=C(CN2CCN3C(=O)N(c4ccc(=O)n(-c5ccc(C(=O)O)cc5F)c4)C[C@@H]3C2)NC(c2nccs2)=NC1c1ccc(F)cc1Cl. The number of nitrogens with zero attached hydrogens (tertiary/aromatic N) is 6. The third-order valence-corrected chi connectivity index (χ3v) is 10.0. The molecule has 0 bridgehead atoms. The van der Waals surface area contributed by atoms with Gasteiger partial charge in [-0.15, -0.1) is 11.3 Å². The molecule has 0 radical (unpaired) electrons. The summed E-state index contributed by atoms with van der Waals surface area (Å²) in [5, 5.41) is 14.9. The van der Waals surface area contributed by atoms with Crippen LogP contribution in [0.2, 0.25) is 5.02 Å². The number of fused-ring (bicyclic) bond motifs is 1. The van der Waals surface area contributed by atoms with Crippen LogP contribution in [0.25, 0.3) is 5.69 Å². The zero-order valence-corrected chi connectivity index (χ0v) is 28.3. The van der Waals surface area contributed by atoms with Gasteiger partial charge in [0.15, 0.2) is 10.8 Å². The summed E-state index contributed by atoms with van der Waals surface area (Å²) in [5.41, 5.74) is 0.470. The van der Waals surface area contributed by atoms with Crippen LogP contribution in [0.3, 0.4) is 0 Å². The minimum atomic E-state index is -1.31. The lowest BCUT2D eigenvalue weighted by molar-refractivity contribution is -0.136. The maximum atomic E-state index is 14.9. The van der Waals surface area contributed by atoms with E-state index >= 15 is 0 Å². The number of esters is 1. The number of hydrogen-bond donors (Lipinski definition) is 2. The average Bonchev–Trinajstić information content (AvgIpc) is 3.76. The van der Waals surface area contributed by atoms with Gasteiger partial charge in [-0.2, -0.15) is 0 Å². The lowest BCUT2D eigenvalue weighted by Crippen LogP contribution is -2.53. The van der Waals surface area contributed by atoms with E-state index in [2.05, 4.69) is 15.2 Å². The molecule has 3 aliphatic heterocycles. The molecule has 3 aliphatic rings. The first-order chi connectivity index (χ1) is 24.5. The number of urea groups is 1. The Labute approximate surface area is 297 Å². The number of ether oxygens (including phenoxy) is 1. The molecule has 2 amide bonds. The number of methoxy groups -OCH3 is 1. The van der Waals surface area contributed by atoms with E-state index in [4.69, 9.17) is 21.3 Å². The number of anilines is 1. The van der Waals surface area contributed by atoms with Gasteiger partial charge < -0.3 is 20.1 Å². The van der Waals surface area contributed by atoms with Crippen LogP contribution < -0.4 is 15.8 Å². The van der Waals surface area contributed by atoms with Crippen LogP contribution in [0.1, 0.15) is 27.0 Å². The number of aromatic carboxylic acids is 1. The van der Waals surface area contributed by atoms with Crippen molar-refractivity contribution in [1.82, 2.24) is 24.7 Å². The standard InChI is InChI=1S/C34H28ClF2N7O6S/c1-50-33(48)28-25(39-30(31-38-8-11-51-31)40-29(28)22-5-3-19(36)13-23(22)35)17-41-9-10-42-21(14-41)16-43(34(42)49)20-4-7-27(45)44(15-20)26-6-2-18(32(46)47)12-24(26)37/h2-8,11-13,15,21,29H,9-10,14,16-17H2,1H3,(H,39,40)(H,46,47)/t21-,29?/m0/s1. The van der Waals surface area contributed by atoms with Gasteiger partial charge in [-0.1, -0.05) is 17.7 Å². The van der Waals surface area contributed by atoms with Gasteiger partial charge in [0.25, 0.3) is 5.56 Å². The summed E-state index contributed by atoms with van der Waals surface area (Å²) >= 11 is 7.82. The second-order valence-corrected chi connectivity index (χ2v) is 13.2. The van der Waals surface area contributed by atoms with Crippen LogP contribution in [-0.2, 0) is 9.53 Å². The molecule has 2 N–H and O–H groups in total. The predicted octanol–water partition coefficient (Wildman–Crippen LogP) is 4.07. The van der Waals surface area contributed by atoms with E-state index in [1.54, 1.807) is 16.5 Å². The number of rotatable bonds is 8. The largest absolute Gasteiger partial charge is 0.478 e. The molecule has 0 saturated carbocycles. The van der Waals surface area contributed by atoms with E-state index in [1.165, 1.54) is 65.9 Å². The Hall–Kier alpha value is -5.45. The number of nitrogens with one attached hydrogen (secondary N) is 1. The summed E-state index contributed by atoms with van der Waals surface area (Å²) in [6.07, 6.45) is 2.98. The van der Waals surface area contributed by atoms with E-state index in [0.29, 0.717) is 47.4 Å². The number of carboxylic acid groups (broad SMARTS) is 1. The first-order valence-corrected chi connectivity index (χ1v) is 16.9. The topological polar surface area (TPSA) is 150 Å². The predicted molar refractivity (Wildman–Crippen MR) is 184 cm³/mol. The van der Waals surface area contributed by atoms with Crippen LogP contribution in [0, 0.1) is 11.6 Å². The Bertz CT molecular complexity index is 2190. The van der Waals surface area contributed by atoms with Crippen LogP contribution in [0.5, 0.6) is 0 Å². The Morgan fingerprint density at radius 2 is 1.92 bits per heavy atom. The Balaban J connectivity index is 1.16. The van der Waals surface area contributed by atoms with Crippen molar-refractivity contribution in [1.29, 1.82) is 0 Å². The first-order valence-electron chi connectivity index (χ1n) is 15.6. The number of amides is 2. The molecule has 17 heteroatoms. The van der Waals surface area contributed by atoms with Crippen molar-refractivity contribution in [2.45, 2.75) is 12.1 Å². The third kappa shape index (κ3) is 6.48. The molecule has 0 spiro atoms. The molecule has 51 heavy (non-hydrogen) atoms. The quantitative estimate of drug-likeness (QED) is 0.256. The molecule has 1 unspecified atom stereocenters. The van der Waals surface area contributed by atoms with Crippen molar-refractivity contribution < 1.29 is 33.0 Å². The molecular formula is C34H28ClF2N7O6S. The molecule has 2 aromatic carbocycles. The number of amidine groups is 1. The minimum Gasteiger partial charge on any atom is -0.478 e. The number of halogens is 3. The van der Waals surface area contributed by atoms with Crippen molar-refractivity contribution >= 4 is 52.4 Å². The minimum absolute atomic E-state index is 0.0920. The number of carbonyl (C=O) groups excluding carboxylic acids is 2. The number of pyridine rings is 1. The van der Waals surface area contributed by atoms with E-state index < -0.39 is 35.2 Å². The molecule has 2 atom stereocenters. The van der Waals surface area contributed by atoms with Gasteiger partial charge in [-0.25, -0.2) is 28.1 Å². The number of aromatic nitrogens is 2. The fourth-order valence-electron chi connectivity index (χ4n) is 6.48. The van der Waals surface area contributed by atoms with E-state index in [9.17, 15) is 33.1 Å². The van der Waals surface area contributed by atoms with Crippen molar-refractivity contribution in [3.05, 3.63) is 121 Å². The van der Waals surface area contributed by atoms with Gasteiger partial charge in [0.05, 0.1) is 35.7 Å². The summed E-state index contributed by atoms with van der Waals surface area (Å²) in [5.74, 6) is -2.99. The smallest absolute Gasteiger partial charge is 0.338 e. The zero-order chi connectivity index (χ0) is 36.0. The van der Waals surface area contributed by atoms with Crippen LogP contribution in [0.15, 0.2) is 87.4 Å². The number of thiazole rings is 1. The van der Waals surface area contributed by atoms with Gasteiger partial charge in [-0.3, -0.25) is 24.2 Å². The summed E-state index contributed by atoms with van der Waals surface area (Å²) in [7, 11) is 1.26. The van der Waals surface area contributed by atoms with Crippen LogP contribution >= 0.6 is 22.9 Å². The summed E-state index contributed by atoms with van der Waals surface area (Å²) < 4.78 is 35.2. The fourth-order valence-corrected chi connectivity index (χ4v) is 7.34. The molecule has 2 fully saturated rings. The molecule has 2 saturated heterocycles. The molecule has 4 aromatic rings. The van der Waals surface area contributed by atoms with Crippen molar-refractivity contribution in [2.24, 2.45) is 4.99 Å². The molecule has 5 heterocycles. The first kappa shape index (κ1) is 34.0. The van der Waals surface area contributed by atoms with Gasteiger partial charge in [0.2, 0.25) is 0 Å². The highest BCUT2D eigenvalue weighted by atomic mass is 35.5. The van der Waals surface area contributed by atoms with Gasteiger partial charge >= 0.3 is 18.0 Å². The number of piperazine rings is 1. The average molecular weight is 736 g/mol. The Morgan fingerprint density at radius 1 is 1.10 bits per heavy atom. The molecule has 2 aromatic heterocycles. The maximum absolute atomic E-state index is 14.9. The zero-order valence-electron chi connectivity index (χ0n) is 26.8. The molecule has 7 rings (SSSR count). The van der Waals surface area contributed by atoms with E-state index in [-0.39, 0.29) is 47.0 Å². The summed E-state index contributed by atoms with van der Waals surface area (Å²) in [4.78, 5) is 65.5. The number of benzene rings is 2. The number of aliphatic imine (C=N–C) groups is 1. The highest BCUT2D eigenvalue weighted by Gasteiger charge is 2.42. The molecular weight excluding hydrogens is 708 g/mol. The Morgan fingerprint density at radius 3 is 2.63 bits per heavy atom. The second-order valence-electron chi connectivity index (χ2n) is 11.9.